The van der Waals surface area contributed by atoms with Crippen LogP contribution in [0.5, 0.6) is 0 Å². The van der Waals surface area contributed by atoms with Gasteiger partial charge in [0.05, 0.1) is 0 Å². The highest BCUT2D eigenvalue weighted by molar-refractivity contribution is 5.97. The molecule has 0 fully saturated rings. The molecule has 2 aromatic carbocycles. The molecule has 0 spiro atoms. The second-order valence-electron chi connectivity index (χ2n) is 3.84. The first-order valence-electron chi connectivity index (χ1n) is 5.29. The minimum absolute atomic E-state index is 0.00988. The number of hydrogen-bond donors (Lipinski definition) is 0. The van der Waals surface area contributed by atoms with Crippen molar-refractivity contribution in [1.29, 1.82) is 0 Å². The second kappa shape index (κ2) is 5.04. The van der Waals surface area contributed by atoms with E-state index < -0.39 is 17.5 Å². The first-order valence-corrected chi connectivity index (χ1v) is 5.29. The maximum atomic E-state index is 13.3. The minimum Gasteiger partial charge on any atom is -0.294 e. The van der Waals surface area contributed by atoms with E-state index in [0.717, 1.165) is 30.3 Å². The molecule has 4 heteroatoms. The zero-order valence-corrected chi connectivity index (χ0v) is 9.29. The van der Waals surface area contributed by atoms with Gasteiger partial charge in [-0.3, -0.25) is 4.79 Å². The Labute approximate surface area is 102 Å². The fourth-order valence-electron chi connectivity index (χ4n) is 1.59. The van der Waals surface area contributed by atoms with Crippen LogP contribution >= 0.6 is 0 Å². The van der Waals surface area contributed by atoms with E-state index in [1.165, 1.54) is 12.1 Å². The zero-order chi connectivity index (χ0) is 13.1. The molecule has 0 unspecified atom stereocenters. The summed E-state index contributed by atoms with van der Waals surface area (Å²) in [5, 5.41) is 0. The summed E-state index contributed by atoms with van der Waals surface area (Å²) < 4.78 is 38.9. The molecule has 0 aliphatic heterocycles. The van der Waals surface area contributed by atoms with Crippen LogP contribution in [0.15, 0.2) is 42.5 Å². The Hall–Kier alpha value is -2.10. The highest BCUT2D eigenvalue weighted by Gasteiger charge is 2.11. The van der Waals surface area contributed by atoms with Crippen molar-refractivity contribution < 1.29 is 18.0 Å². The van der Waals surface area contributed by atoms with Crippen LogP contribution in [-0.2, 0) is 6.42 Å². The third-order valence-corrected chi connectivity index (χ3v) is 2.52. The normalized spacial score (nSPS) is 10.4. The topological polar surface area (TPSA) is 17.1 Å². The molecule has 0 radical (unpaired) electrons. The molecule has 0 aromatic heterocycles. The number of Topliss-reactive ketones (excluding diaryl/α,β-unsaturated/α-hetero) is 1. The van der Waals surface area contributed by atoms with Crippen LogP contribution in [0.2, 0.25) is 0 Å². The Balaban J connectivity index is 2.21. The number of ketones is 1. The largest absolute Gasteiger partial charge is 0.294 e. The van der Waals surface area contributed by atoms with E-state index in [4.69, 9.17) is 0 Å². The average molecular weight is 250 g/mol. The fraction of sp³-hybridized carbons (Fsp3) is 0.0714. The van der Waals surface area contributed by atoms with Crippen LogP contribution in [0.25, 0.3) is 0 Å². The number of hydrogen-bond acceptors (Lipinski definition) is 1. The van der Waals surface area contributed by atoms with Crippen LogP contribution in [0.4, 0.5) is 13.2 Å². The summed E-state index contributed by atoms with van der Waals surface area (Å²) >= 11 is 0. The second-order valence-corrected chi connectivity index (χ2v) is 3.84. The van der Waals surface area contributed by atoms with Gasteiger partial charge in [0.15, 0.2) is 5.78 Å². The van der Waals surface area contributed by atoms with E-state index in [1.54, 1.807) is 0 Å². The number of carbonyl (C=O) groups excluding carboxylic acids is 1. The maximum Gasteiger partial charge on any atom is 0.167 e. The number of benzene rings is 2. The summed E-state index contributed by atoms with van der Waals surface area (Å²) in [5.74, 6) is -2.08. The van der Waals surface area contributed by atoms with Crippen LogP contribution in [0.3, 0.4) is 0 Å². The SMILES string of the molecule is O=C(Cc1cc(F)ccc1F)c1ccc(F)cc1. The van der Waals surface area contributed by atoms with Crippen molar-refractivity contribution in [2.24, 2.45) is 0 Å². The molecule has 0 saturated heterocycles. The molecule has 0 saturated carbocycles. The van der Waals surface area contributed by atoms with Crippen LogP contribution < -0.4 is 0 Å². The summed E-state index contributed by atoms with van der Waals surface area (Å²) in [6.45, 7) is 0. The van der Waals surface area contributed by atoms with E-state index in [1.807, 2.05) is 0 Å². The lowest BCUT2D eigenvalue weighted by Gasteiger charge is -2.03. The van der Waals surface area contributed by atoms with E-state index in [2.05, 4.69) is 0 Å². The summed E-state index contributed by atoms with van der Waals surface area (Å²) in [5.41, 5.74) is 0.254. The number of halogens is 3. The first kappa shape index (κ1) is 12.4. The summed E-state index contributed by atoms with van der Waals surface area (Å²) in [6, 6.07) is 7.87. The number of carbonyl (C=O) groups is 1. The van der Waals surface area contributed by atoms with Gasteiger partial charge in [0.1, 0.15) is 17.5 Å². The summed E-state index contributed by atoms with van der Waals surface area (Å²) in [6.07, 6.45) is -0.255. The van der Waals surface area contributed by atoms with Crippen molar-refractivity contribution in [3.05, 3.63) is 71.0 Å². The summed E-state index contributed by atoms with van der Waals surface area (Å²) in [7, 11) is 0. The Morgan fingerprint density at radius 1 is 0.889 bits per heavy atom. The van der Waals surface area contributed by atoms with Crippen molar-refractivity contribution in [2.75, 3.05) is 0 Å². The molecular formula is C14H9F3O. The Bertz CT molecular complexity index is 576. The van der Waals surface area contributed by atoms with Crippen LogP contribution in [0, 0.1) is 17.5 Å². The molecule has 92 valence electrons. The van der Waals surface area contributed by atoms with Gasteiger partial charge in [-0.2, -0.15) is 0 Å². The molecule has 0 atom stereocenters. The predicted molar refractivity (Wildman–Crippen MR) is 60.8 cm³/mol. The Morgan fingerprint density at radius 3 is 2.17 bits per heavy atom. The van der Waals surface area contributed by atoms with Gasteiger partial charge in [-0.05, 0) is 48.0 Å². The van der Waals surface area contributed by atoms with Crippen molar-refractivity contribution in [1.82, 2.24) is 0 Å². The molecule has 0 aliphatic carbocycles. The maximum absolute atomic E-state index is 13.3. The van der Waals surface area contributed by atoms with Gasteiger partial charge in [-0.15, -0.1) is 0 Å². The molecule has 0 amide bonds. The van der Waals surface area contributed by atoms with Gasteiger partial charge < -0.3 is 0 Å². The van der Waals surface area contributed by atoms with Crippen LogP contribution in [0.1, 0.15) is 15.9 Å². The lowest BCUT2D eigenvalue weighted by atomic mass is 10.0. The van der Waals surface area contributed by atoms with Crippen molar-refractivity contribution >= 4 is 5.78 Å². The zero-order valence-electron chi connectivity index (χ0n) is 9.29. The Morgan fingerprint density at radius 2 is 1.50 bits per heavy atom. The van der Waals surface area contributed by atoms with Crippen LogP contribution in [-0.4, -0.2) is 5.78 Å². The van der Waals surface area contributed by atoms with Crippen molar-refractivity contribution in [2.45, 2.75) is 6.42 Å². The van der Waals surface area contributed by atoms with E-state index in [-0.39, 0.29) is 23.3 Å². The van der Waals surface area contributed by atoms with Crippen molar-refractivity contribution in [3.63, 3.8) is 0 Å². The van der Waals surface area contributed by atoms with Gasteiger partial charge in [0.2, 0.25) is 0 Å². The Kier molecular flexibility index (Phi) is 3.46. The van der Waals surface area contributed by atoms with Gasteiger partial charge in [-0.25, -0.2) is 13.2 Å². The molecule has 0 bridgehead atoms. The molecule has 0 aliphatic rings. The summed E-state index contributed by atoms with van der Waals surface area (Å²) in [4.78, 5) is 11.8. The molecule has 1 nitrogen and oxygen atoms in total. The third kappa shape index (κ3) is 2.77. The molecular weight excluding hydrogens is 241 g/mol. The van der Waals surface area contributed by atoms with E-state index >= 15 is 0 Å². The van der Waals surface area contributed by atoms with Crippen molar-refractivity contribution in [3.8, 4) is 0 Å². The fourth-order valence-corrected chi connectivity index (χ4v) is 1.59. The molecule has 2 aromatic rings. The standard InChI is InChI=1S/C14H9F3O/c15-11-3-1-9(2-4-11)14(18)8-10-7-12(16)5-6-13(10)17/h1-7H,8H2. The van der Waals surface area contributed by atoms with E-state index in [9.17, 15) is 18.0 Å². The number of rotatable bonds is 3. The minimum atomic E-state index is -0.633. The highest BCUT2D eigenvalue weighted by atomic mass is 19.1. The molecule has 0 heterocycles. The van der Waals surface area contributed by atoms with Gasteiger partial charge in [0.25, 0.3) is 0 Å². The average Bonchev–Trinajstić information content (AvgIpc) is 2.34. The monoisotopic (exact) mass is 250 g/mol. The lowest BCUT2D eigenvalue weighted by Crippen LogP contribution is -2.05. The first-order chi connectivity index (χ1) is 8.56. The highest BCUT2D eigenvalue weighted by Crippen LogP contribution is 2.13. The molecule has 0 N–H and O–H groups in total. The van der Waals surface area contributed by atoms with E-state index in [0.29, 0.717) is 0 Å². The molecule has 18 heavy (non-hydrogen) atoms. The van der Waals surface area contributed by atoms with Gasteiger partial charge in [0, 0.05) is 12.0 Å². The quantitative estimate of drug-likeness (QED) is 0.761. The smallest absolute Gasteiger partial charge is 0.167 e. The van der Waals surface area contributed by atoms with Gasteiger partial charge >= 0.3 is 0 Å². The molecule has 2 rings (SSSR count). The predicted octanol–water partition coefficient (Wildman–Crippen LogP) is 3.53. The lowest BCUT2D eigenvalue weighted by molar-refractivity contribution is 0.0991. The van der Waals surface area contributed by atoms with Gasteiger partial charge in [-0.1, -0.05) is 0 Å². The third-order valence-electron chi connectivity index (χ3n) is 2.52.